The zero-order valence-corrected chi connectivity index (χ0v) is 8.73. The molecule has 2 nitrogen and oxygen atoms in total. The van der Waals surface area contributed by atoms with E-state index in [4.69, 9.17) is 11.5 Å². The lowest BCUT2D eigenvalue weighted by Gasteiger charge is -2.13. The molecule has 3 heteroatoms. The average molecular weight is 216 g/mol. The van der Waals surface area contributed by atoms with Gasteiger partial charge in [-0.1, -0.05) is 24.3 Å². The fraction of sp³-hybridized carbons (Fsp3) is 0.0769. The molecule has 1 atom stereocenters. The van der Waals surface area contributed by atoms with Crippen molar-refractivity contribution >= 4 is 5.69 Å². The number of hydrogen-bond acceptors (Lipinski definition) is 2. The van der Waals surface area contributed by atoms with E-state index in [0.717, 1.165) is 11.1 Å². The Morgan fingerprint density at radius 3 is 2.19 bits per heavy atom. The number of rotatable bonds is 2. The molecule has 0 saturated carbocycles. The maximum absolute atomic E-state index is 13.0. The molecule has 0 aliphatic carbocycles. The number of anilines is 1. The van der Waals surface area contributed by atoms with Crippen LogP contribution < -0.4 is 11.5 Å². The third-order valence-corrected chi connectivity index (χ3v) is 2.48. The predicted molar refractivity (Wildman–Crippen MR) is 63.3 cm³/mol. The largest absolute Gasteiger partial charge is 0.399 e. The van der Waals surface area contributed by atoms with Gasteiger partial charge in [0, 0.05) is 5.69 Å². The number of nitrogens with two attached hydrogens (primary N) is 2. The van der Waals surface area contributed by atoms with Gasteiger partial charge in [-0.25, -0.2) is 4.39 Å². The first-order chi connectivity index (χ1) is 7.66. The Labute approximate surface area is 93.7 Å². The molecule has 0 radical (unpaired) electrons. The second-order valence-corrected chi connectivity index (χ2v) is 3.70. The molecule has 82 valence electrons. The lowest BCUT2D eigenvalue weighted by Crippen LogP contribution is -2.12. The van der Waals surface area contributed by atoms with Gasteiger partial charge in [0.25, 0.3) is 0 Å². The highest BCUT2D eigenvalue weighted by Crippen LogP contribution is 2.21. The molecule has 0 spiro atoms. The summed E-state index contributed by atoms with van der Waals surface area (Å²) in [7, 11) is 0. The summed E-state index contributed by atoms with van der Waals surface area (Å²) in [5.41, 5.74) is 14.0. The minimum Gasteiger partial charge on any atom is -0.399 e. The molecule has 2 aromatic rings. The Kier molecular flexibility index (Phi) is 2.88. The minimum absolute atomic E-state index is 0.281. The number of hydrogen-bond donors (Lipinski definition) is 2. The Hall–Kier alpha value is -1.87. The summed E-state index contributed by atoms with van der Waals surface area (Å²) in [6, 6.07) is 13.3. The third-order valence-electron chi connectivity index (χ3n) is 2.48. The molecule has 2 rings (SSSR count). The molecular weight excluding hydrogens is 203 g/mol. The van der Waals surface area contributed by atoms with Crippen molar-refractivity contribution in [2.24, 2.45) is 5.73 Å². The molecule has 4 N–H and O–H groups in total. The van der Waals surface area contributed by atoms with Crippen LogP contribution in [0.15, 0.2) is 48.5 Å². The summed E-state index contributed by atoms with van der Waals surface area (Å²) in [5.74, 6) is -0.281. The zero-order chi connectivity index (χ0) is 11.5. The van der Waals surface area contributed by atoms with E-state index in [-0.39, 0.29) is 11.9 Å². The van der Waals surface area contributed by atoms with Gasteiger partial charge in [0.2, 0.25) is 0 Å². The van der Waals surface area contributed by atoms with Crippen LogP contribution >= 0.6 is 0 Å². The van der Waals surface area contributed by atoms with Gasteiger partial charge in [0.05, 0.1) is 6.04 Å². The molecular formula is C13H13FN2. The van der Waals surface area contributed by atoms with Crippen LogP contribution in [0.1, 0.15) is 17.2 Å². The maximum atomic E-state index is 13.0. The predicted octanol–water partition coefficient (Wildman–Crippen LogP) is 2.46. The van der Waals surface area contributed by atoms with Crippen molar-refractivity contribution in [3.05, 3.63) is 65.5 Å². The van der Waals surface area contributed by atoms with Crippen LogP contribution in [-0.2, 0) is 0 Å². The Bertz CT molecular complexity index is 451. The number of nitrogen functional groups attached to an aromatic ring is 1. The Morgan fingerprint density at radius 1 is 0.938 bits per heavy atom. The molecule has 0 aromatic heterocycles. The van der Waals surface area contributed by atoms with Crippen LogP contribution in [0.2, 0.25) is 0 Å². The zero-order valence-electron chi connectivity index (χ0n) is 8.73. The van der Waals surface area contributed by atoms with Gasteiger partial charge in [-0.05, 0) is 35.4 Å². The monoisotopic (exact) mass is 216 g/mol. The van der Waals surface area contributed by atoms with Gasteiger partial charge in [0.15, 0.2) is 0 Å². The van der Waals surface area contributed by atoms with Crippen molar-refractivity contribution in [2.75, 3.05) is 5.73 Å². The van der Waals surface area contributed by atoms with E-state index in [1.54, 1.807) is 24.3 Å². The van der Waals surface area contributed by atoms with Gasteiger partial charge < -0.3 is 11.5 Å². The van der Waals surface area contributed by atoms with E-state index in [0.29, 0.717) is 5.69 Å². The summed E-state index contributed by atoms with van der Waals surface area (Å²) in [6.45, 7) is 0. The van der Waals surface area contributed by atoms with Gasteiger partial charge >= 0.3 is 0 Å². The van der Waals surface area contributed by atoms with E-state index in [1.165, 1.54) is 12.1 Å². The van der Waals surface area contributed by atoms with Crippen LogP contribution in [0, 0.1) is 5.82 Å². The summed E-state index contributed by atoms with van der Waals surface area (Å²) >= 11 is 0. The fourth-order valence-corrected chi connectivity index (χ4v) is 1.64. The Balaban J connectivity index is 2.35. The highest BCUT2D eigenvalue weighted by molar-refractivity contribution is 5.44. The average Bonchev–Trinajstić information content (AvgIpc) is 2.28. The first-order valence-corrected chi connectivity index (χ1v) is 5.03. The normalized spacial score (nSPS) is 12.4. The first-order valence-electron chi connectivity index (χ1n) is 5.03. The van der Waals surface area contributed by atoms with Crippen molar-refractivity contribution in [1.82, 2.24) is 0 Å². The topological polar surface area (TPSA) is 52.0 Å². The molecule has 0 fully saturated rings. The summed E-state index contributed by atoms with van der Waals surface area (Å²) in [6.07, 6.45) is 0. The van der Waals surface area contributed by atoms with Crippen LogP contribution in [0.3, 0.4) is 0 Å². The lowest BCUT2D eigenvalue weighted by molar-refractivity contribution is 0.623. The third kappa shape index (κ3) is 2.20. The van der Waals surface area contributed by atoms with Gasteiger partial charge in [0.1, 0.15) is 5.82 Å². The fourth-order valence-electron chi connectivity index (χ4n) is 1.64. The SMILES string of the molecule is Nc1cccc(C(N)c2cccc(F)c2)c1. The molecule has 0 heterocycles. The minimum atomic E-state index is -0.348. The first kappa shape index (κ1) is 10.6. The van der Waals surface area contributed by atoms with Crippen molar-refractivity contribution in [3.63, 3.8) is 0 Å². The summed E-state index contributed by atoms with van der Waals surface area (Å²) in [4.78, 5) is 0. The summed E-state index contributed by atoms with van der Waals surface area (Å²) < 4.78 is 13.0. The standard InChI is InChI=1S/C13H13FN2/c14-11-5-1-3-9(7-11)13(16)10-4-2-6-12(15)8-10/h1-8,13H,15-16H2. The van der Waals surface area contributed by atoms with Crippen molar-refractivity contribution < 1.29 is 4.39 Å². The second kappa shape index (κ2) is 4.33. The quantitative estimate of drug-likeness (QED) is 0.757. The maximum Gasteiger partial charge on any atom is 0.123 e. The highest BCUT2D eigenvalue weighted by Gasteiger charge is 2.09. The molecule has 0 bridgehead atoms. The van der Waals surface area contributed by atoms with Crippen LogP contribution in [0.5, 0.6) is 0 Å². The van der Waals surface area contributed by atoms with Crippen LogP contribution in [0.4, 0.5) is 10.1 Å². The second-order valence-electron chi connectivity index (χ2n) is 3.70. The van der Waals surface area contributed by atoms with E-state index in [9.17, 15) is 4.39 Å². The lowest BCUT2D eigenvalue weighted by atomic mass is 9.99. The number of halogens is 1. The molecule has 16 heavy (non-hydrogen) atoms. The molecule has 0 aliphatic rings. The van der Waals surface area contributed by atoms with Crippen molar-refractivity contribution in [2.45, 2.75) is 6.04 Å². The van der Waals surface area contributed by atoms with Crippen molar-refractivity contribution in [3.8, 4) is 0 Å². The van der Waals surface area contributed by atoms with Gasteiger partial charge in [-0.15, -0.1) is 0 Å². The highest BCUT2D eigenvalue weighted by atomic mass is 19.1. The molecule has 2 aromatic carbocycles. The number of benzene rings is 2. The van der Waals surface area contributed by atoms with E-state index < -0.39 is 0 Å². The van der Waals surface area contributed by atoms with Crippen LogP contribution in [0.25, 0.3) is 0 Å². The molecule has 0 aliphatic heterocycles. The van der Waals surface area contributed by atoms with Crippen molar-refractivity contribution in [1.29, 1.82) is 0 Å². The van der Waals surface area contributed by atoms with Crippen LogP contribution in [-0.4, -0.2) is 0 Å². The smallest absolute Gasteiger partial charge is 0.123 e. The van der Waals surface area contributed by atoms with E-state index in [2.05, 4.69) is 0 Å². The van der Waals surface area contributed by atoms with Gasteiger partial charge in [-0.2, -0.15) is 0 Å². The Morgan fingerprint density at radius 2 is 1.56 bits per heavy atom. The van der Waals surface area contributed by atoms with Gasteiger partial charge in [-0.3, -0.25) is 0 Å². The van der Waals surface area contributed by atoms with E-state index in [1.807, 2.05) is 12.1 Å². The molecule has 0 saturated heterocycles. The summed E-state index contributed by atoms with van der Waals surface area (Å²) in [5, 5.41) is 0. The molecule has 1 unspecified atom stereocenters. The molecule has 0 amide bonds. The van der Waals surface area contributed by atoms with E-state index >= 15 is 0 Å².